The molecule has 0 saturated carbocycles. The first-order valence-electron chi connectivity index (χ1n) is 15.8. The maximum absolute atomic E-state index is 13.9. The second-order valence-corrected chi connectivity index (χ2v) is 11.6. The third-order valence-corrected chi connectivity index (χ3v) is 7.80. The highest BCUT2D eigenvalue weighted by Crippen LogP contribution is 2.24. The number of hydrogen-bond acceptors (Lipinski definition) is 9. The van der Waals surface area contributed by atoms with E-state index in [4.69, 9.17) is 27.5 Å². The van der Waals surface area contributed by atoms with E-state index in [0.29, 0.717) is 63.3 Å². The molecule has 0 fully saturated rings. The standard InChI is InChI=1S/C33H49N9O4/c1-21-18-24(43)19-22(2)25(21)14-15-27(39-30(44)26(35)12-9-17-38-33(36)37)31(45)40-28(13-7-4-8-16-34)32-41-29(42-46-32)20-23-10-5-3-6-11-23/h3,5-6,10-11,18-19,26-28,43H,4,7-9,12-17,20,34-35H2,1-2H3,(H,39,44)(H,40,45)(H4,36,37,38)/t26-,27-,28+/m0/s1. The number of nitrogens with one attached hydrogen (secondary N) is 2. The summed E-state index contributed by atoms with van der Waals surface area (Å²) in [5, 5.41) is 20.1. The number of benzene rings is 2. The number of amides is 2. The summed E-state index contributed by atoms with van der Waals surface area (Å²) < 4.78 is 5.64. The van der Waals surface area contributed by atoms with Crippen LogP contribution < -0.4 is 33.6 Å². The number of phenolic OH excluding ortho intramolecular Hbond substituents is 1. The number of rotatable bonds is 19. The molecule has 0 bridgehead atoms. The van der Waals surface area contributed by atoms with Gasteiger partial charge in [-0.3, -0.25) is 14.6 Å². The zero-order valence-electron chi connectivity index (χ0n) is 26.9. The summed E-state index contributed by atoms with van der Waals surface area (Å²) in [7, 11) is 0. The van der Waals surface area contributed by atoms with Crippen molar-refractivity contribution in [2.75, 3.05) is 13.1 Å². The number of carbonyl (C=O) groups is 2. The van der Waals surface area contributed by atoms with Gasteiger partial charge in [-0.05, 0) is 93.3 Å². The number of hydrogen-bond donors (Lipinski definition) is 7. The van der Waals surface area contributed by atoms with E-state index in [9.17, 15) is 14.7 Å². The van der Waals surface area contributed by atoms with Crippen molar-refractivity contribution in [3.63, 3.8) is 0 Å². The molecular weight excluding hydrogens is 586 g/mol. The SMILES string of the molecule is Cc1cc(O)cc(C)c1CC[C@H](NC(=O)[C@@H](N)CCCN=C(N)N)C(=O)N[C@H](CCCCCN)c1nc(Cc2ccccc2)no1. The van der Waals surface area contributed by atoms with Gasteiger partial charge < -0.3 is 43.2 Å². The van der Waals surface area contributed by atoms with Crippen molar-refractivity contribution in [3.05, 3.63) is 76.4 Å². The van der Waals surface area contributed by atoms with Crippen LogP contribution in [0.1, 0.15) is 85.0 Å². The van der Waals surface area contributed by atoms with Crippen LogP contribution in [0.25, 0.3) is 0 Å². The van der Waals surface area contributed by atoms with Crippen LogP contribution >= 0.6 is 0 Å². The number of aliphatic imine (C=N–C) groups is 1. The van der Waals surface area contributed by atoms with Crippen molar-refractivity contribution in [3.8, 4) is 5.75 Å². The molecule has 0 saturated heterocycles. The molecule has 1 heterocycles. The first kappa shape index (κ1) is 36.0. The molecule has 2 aromatic carbocycles. The molecule has 0 aliphatic rings. The minimum absolute atomic E-state index is 0.0272. The number of nitrogens with two attached hydrogens (primary N) is 4. The summed E-state index contributed by atoms with van der Waals surface area (Å²) in [4.78, 5) is 35.6. The normalized spacial score (nSPS) is 13.0. The summed E-state index contributed by atoms with van der Waals surface area (Å²) in [6.45, 7) is 4.73. The Morgan fingerprint density at radius 2 is 1.67 bits per heavy atom. The highest BCUT2D eigenvalue weighted by molar-refractivity contribution is 5.89. The van der Waals surface area contributed by atoms with Gasteiger partial charge in [-0.25, -0.2) is 0 Å². The molecule has 0 spiro atoms. The van der Waals surface area contributed by atoms with E-state index in [0.717, 1.165) is 41.5 Å². The summed E-state index contributed by atoms with van der Waals surface area (Å²) in [6.07, 6.45) is 5.18. The molecule has 1 aromatic heterocycles. The van der Waals surface area contributed by atoms with Crippen molar-refractivity contribution in [1.29, 1.82) is 0 Å². The molecule has 46 heavy (non-hydrogen) atoms. The molecule has 3 aromatic rings. The first-order chi connectivity index (χ1) is 22.1. The molecule has 0 radical (unpaired) electrons. The van der Waals surface area contributed by atoms with Gasteiger partial charge >= 0.3 is 0 Å². The summed E-state index contributed by atoms with van der Waals surface area (Å²) in [6, 6.07) is 10.9. The predicted octanol–water partition coefficient (Wildman–Crippen LogP) is 2.16. The van der Waals surface area contributed by atoms with E-state index >= 15 is 0 Å². The third kappa shape index (κ3) is 11.8. The quantitative estimate of drug-likeness (QED) is 0.0576. The van der Waals surface area contributed by atoms with Crippen LogP contribution in [0, 0.1) is 13.8 Å². The Hall–Kier alpha value is -4.49. The van der Waals surface area contributed by atoms with Gasteiger partial charge in [0, 0.05) is 13.0 Å². The molecular formula is C33H49N9O4. The summed E-state index contributed by atoms with van der Waals surface area (Å²) in [5.74, 6) is 0.126. The van der Waals surface area contributed by atoms with E-state index in [-0.39, 0.29) is 17.6 Å². The lowest BCUT2D eigenvalue weighted by Crippen LogP contribution is -2.52. The Balaban J connectivity index is 1.79. The van der Waals surface area contributed by atoms with E-state index in [1.54, 1.807) is 12.1 Å². The third-order valence-electron chi connectivity index (χ3n) is 7.80. The van der Waals surface area contributed by atoms with Gasteiger partial charge in [0.15, 0.2) is 11.8 Å². The molecule has 3 rings (SSSR count). The van der Waals surface area contributed by atoms with E-state index in [1.165, 1.54) is 0 Å². The molecule has 250 valence electrons. The number of nitrogens with zero attached hydrogens (tertiary/aromatic N) is 3. The van der Waals surface area contributed by atoms with Crippen LogP contribution in [0.2, 0.25) is 0 Å². The van der Waals surface area contributed by atoms with Gasteiger partial charge in [-0.2, -0.15) is 4.98 Å². The fraction of sp³-hybridized carbons (Fsp3) is 0.485. The maximum Gasteiger partial charge on any atom is 0.249 e. The van der Waals surface area contributed by atoms with E-state index in [2.05, 4.69) is 25.8 Å². The molecule has 0 aliphatic heterocycles. The van der Waals surface area contributed by atoms with Crippen molar-refractivity contribution in [2.45, 2.75) is 89.8 Å². The Kier molecular flexibility index (Phi) is 14.4. The molecule has 13 heteroatoms. The number of aromatic hydroxyl groups is 1. The van der Waals surface area contributed by atoms with Gasteiger partial charge in [-0.15, -0.1) is 0 Å². The van der Waals surface area contributed by atoms with Gasteiger partial charge in [0.25, 0.3) is 0 Å². The highest BCUT2D eigenvalue weighted by atomic mass is 16.5. The van der Waals surface area contributed by atoms with Crippen molar-refractivity contribution in [2.24, 2.45) is 27.9 Å². The van der Waals surface area contributed by atoms with Gasteiger partial charge in [-0.1, -0.05) is 48.3 Å². The van der Waals surface area contributed by atoms with Gasteiger partial charge in [0.1, 0.15) is 17.8 Å². The largest absolute Gasteiger partial charge is 0.508 e. The Labute approximate surface area is 270 Å². The zero-order valence-corrected chi connectivity index (χ0v) is 26.9. The van der Waals surface area contributed by atoms with Crippen molar-refractivity contribution >= 4 is 17.8 Å². The fourth-order valence-corrected chi connectivity index (χ4v) is 5.31. The number of phenols is 1. The minimum atomic E-state index is -0.901. The number of carbonyl (C=O) groups excluding carboxylic acids is 2. The van der Waals surface area contributed by atoms with Crippen LogP contribution in [-0.4, -0.2) is 58.2 Å². The smallest absolute Gasteiger partial charge is 0.249 e. The number of aromatic nitrogens is 2. The minimum Gasteiger partial charge on any atom is -0.508 e. The van der Waals surface area contributed by atoms with Gasteiger partial charge in [0.2, 0.25) is 17.7 Å². The number of unbranched alkanes of at least 4 members (excludes halogenated alkanes) is 2. The Morgan fingerprint density at radius 3 is 2.35 bits per heavy atom. The topological polar surface area (TPSA) is 234 Å². The molecule has 3 atom stereocenters. The molecule has 0 aliphatic carbocycles. The highest BCUT2D eigenvalue weighted by Gasteiger charge is 2.28. The van der Waals surface area contributed by atoms with Crippen LogP contribution in [0.3, 0.4) is 0 Å². The number of aryl methyl sites for hydroxylation is 2. The average molecular weight is 636 g/mol. The van der Waals surface area contributed by atoms with Crippen LogP contribution in [0.5, 0.6) is 5.75 Å². The zero-order chi connectivity index (χ0) is 33.5. The monoisotopic (exact) mass is 635 g/mol. The second-order valence-electron chi connectivity index (χ2n) is 11.6. The maximum atomic E-state index is 13.9. The van der Waals surface area contributed by atoms with Crippen molar-refractivity contribution < 1.29 is 19.2 Å². The Bertz CT molecular complexity index is 1400. The lowest BCUT2D eigenvalue weighted by molar-refractivity contribution is -0.130. The van der Waals surface area contributed by atoms with Crippen molar-refractivity contribution in [1.82, 2.24) is 20.8 Å². The van der Waals surface area contributed by atoms with Crippen LogP contribution in [0.4, 0.5) is 0 Å². The molecule has 2 amide bonds. The molecule has 13 nitrogen and oxygen atoms in total. The van der Waals surface area contributed by atoms with Crippen LogP contribution in [0.15, 0.2) is 52.0 Å². The van der Waals surface area contributed by atoms with E-state index in [1.807, 2.05) is 44.2 Å². The van der Waals surface area contributed by atoms with E-state index < -0.39 is 24.0 Å². The second kappa shape index (κ2) is 18.5. The lowest BCUT2D eigenvalue weighted by Gasteiger charge is -2.24. The summed E-state index contributed by atoms with van der Waals surface area (Å²) in [5.41, 5.74) is 26.5. The molecule has 11 N–H and O–H groups in total. The lowest BCUT2D eigenvalue weighted by atomic mass is 9.95. The summed E-state index contributed by atoms with van der Waals surface area (Å²) >= 11 is 0. The average Bonchev–Trinajstić information content (AvgIpc) is 3.48. The molecule has 0 unspecified atom stereocenters. The van der Waals surface area contributed by atoms with Gasteiger partial charge in [0.05, 0.1) is 6.04 Å². The fourth-order valence-electron chi connectivity index (χ4n) is 5.31. The number of guanidine groups is 1. The Morgan fingerprint density at radius 1 is 0.957 bits per heavy atom. The predicted molar refractivity (Wildman–Crippen MR) is 178 cm³/mol. The van der Waals surface area contributed by atoms with Crippen LogP contribution in [-0.2, 0) is 22.4 Å². The first-order valence-corrected chi connectivity index (χ1v) is 15.8.